The maximum Gasteiger partial charge on any atom is 0.234 e. The van der Waals surface area contributed by atoms with E-state index in [1.54, 1.807) is 22.4 Å². The lowest BCUT2D eigenvalue weighted by Crippen LogP contribution is -2.31. The van der Waals surface area contributed by atoms with Crippen LogP contribution in [0.15, 0.2) is 60.1 Å². The monoisotopic (exact) mass is 409 g/mol. The predicted octanol–water partition coefficient (Wildman–Crippen LogP) is 4.93. The van der Waals surface area contributed by atoms with Gasteiger partial charge in [-0.2, -0.15) is 0 Å². The van der Waals surface area contributed by atoms with E-state index in [0.717, 1.165) is 26.5 Å². The highest BCUT2D eigenvalue weighted by atomic mass is 32.1. The van der Waals surface area contributed by atoms with Gasteiger partial charge in [0.05, 0.1) is 35.5 Å². The minimum absolute atomic E-state index is 0.0113. The highest BCUT2D eigenvalue weighted by Crippen LogP contribution is 2.32. The van der Waals surface area contributed by atoms with Gasteiger partial charge >= 0.3 is 0 Å². The summed E-state index contributed by atoms with van der Waals surface area (Å²) >= 11 is 3.08. The SMILES string of the molecule is CCOc1ccc2nc(N(Cc3ccccn3)C(=O)Cc3cccs3)sc2c1. The summed E-state index contributed by atoms with van der Waals surface area (Å²) in [7, 11) is 0. The van der Waals surface area contributed by atoms with E-state index in [1.165, 1.54) is 11.3 Å². The molecular weight excluding hydrogens is 390 g/mol. The van der Waals surface area contributed by atoms with Gasteiger partial charge in [-0.25, -0.2) is 4.98 Å². The van der Waals surface area contributed by atoms with E-state index in [1.807, 2.05) is 60.8 Å². The summed E-state index contributed by atoms with van der Waals surface area (Å²) in [5, 5.41) is 2.66. The molecule has 1 aromatic carbocycles. The summed E-state index contributed by atoms with van der Waals surface area (Å²) in [5.41, 5.74) is 1.69. The normalized spacial score (nSPS) is 10.9. The van der Waals surface area contributed by atoms with E-state index in [-0.39, 0.29) is 5.91 Å². The van der Waals surface area contributed by atoms with Gasteiger partial charge in [0.25, 0.3) is 0 Å². The zero-order valence-electron chi connectivity index (χ0n) is 15.4. The van der Waals surface area contributed by atoms with E-state index >= 15 is 0 Å². The van der Waals surface area contributed by atoms with Crippen LogP contribution in [-0.2, 0) is 17.8 Å². The average molecular weight is 410 g/mol. The number of thiophene rings is 1. The first-order chi connectivity index (χ1) is 13.7. The number of thiazole rings is 1. The summed E-state index contributed by atoms with van der Waals surface area (Å²) in [6.07, 6.45) is 2.09. The van der Waals surface area contributed by atoms with Crippen LogP contribution in [0, 0.1) is 0 Å². The molecule has 0 spiro atoms. The fourth-order valence-electron chi connectivity index (χ4n) is 2.84. The molecule has 0 fully saturated rings. The lowest BCUT2D eigenvalue weighted by atomic mass is 10.3. The first kappa shape index (κ1) is 18.6. The molecule has 7 heteroatoms. The second-order valence-electron chi connectivity index (χ2n) is 6.12. The van der Waals surface area contributed by atoms with Crippen LogP contribution in [0.5, 0.6) is 5.75 Å². The van der Waals surface area contributed by atoms with Crippen molar-refractivity contribution in [3.8, 4) is 5.75 Å². The highest BCUT2D eigenvalue weighted by Gasteiger charge is 2.21. The van der Waals surface area contributed by atoms with E-state index < -0.39 is 0 Å². The number of hydrogen-bond donors (Lipinski definition) is 0. The fraction of sp³-hybridized carbons (Fsp3) is 0.190. The fourth-order valence-corrected chi connectivity index (χ4v) is 4.54. The Hall–Kier alpha value is -2.77. The van der Waals surface area contributed by atoms with Crippen molar-refractivity contribution >= 4 is 43.9 Å². The highest BCUT2D eigenvalue weighted by molar-refractivity contribution is 7.22. The predicted molar refractivity (Wildman–Crippen MR) is 114 cm³/mol. The maximum atomic E-state index is 13.1. The van der Waals surface area contributed by atoms with Crippen LogP contribution < -0.4 is 9.64 Å². The molecule has 0 aliphatic heterocycles. The molecule has 3 heterocycles. The first-order valence-corrected chi connectivity index (χ1v) is 10.7. The molecule has 3 aromatic heterocycles. The number of anilines is 1. The number of amides is 1. The summed E-state index contributed by atoms with van der Waals surface area (Å²) < 4.78 is 6.58. The molecule has 4 rings (SSSR count). The molecule has 4 aromatic rings. The van der Waals surface area contributed by atoms with Gasteiger partial charge in [0, 0.05) is 11.1 Å². The lowest BCUT2D eigenvalue weighted by Gasteiger charge is -2.19. The van der Waals surface area contributed by atoms with Gasteiger partial charge in [0.15, 0.2) is 5.13 Å². The Bertz CT molecular complexity index is 1060. The average Bonchev–Trinajstić information content (AvgIpc) is 3.36. The molecule has 28 heavy (non-hydrogen) atoms. The number of carbonyl (C=O) groups excluding carboxylic acids is 1. The van der Waals surface area contributed by atoms with Gasteiger partial charge in [-0.1, -0.05) is 23.5 Å². The molecule has 0 aliphatic rings. The lowest BCUT2D eigenvalue weighted by molar-refractivity contribution is -0.118. The number of nitrogens with zero attached hydrogens (tertiary/aromatic N) is 3. The van der Waals surface area contributed by atoms with Gasteiger partial charge in [0.1, 0.15) is 5.75 Å². The number of ether oxygens (including phenoxy) is 1. The first-order valence-electron chi connectivity index (χ1n) is 8.99. The van der Waals surface area contributed by atoms with Crippen molar-refractivity contribution in [2.75, 3.05) is 11.5 Å². The second-order valence-corrected chi connectivity index (χ2v) is 8.16. The van der Waals surface area contributed by atoms with Gasteiger partial charge in [0.2, 0.25) is 5.91 Å². The summed E-state index contributed by atoms with van der Waals surface area (Å²) in [6.45, 7) is 2.96. The molecule has 0 atom stereocenters. The van der Waals surface area contributed by atoms with Crippen molar-refractivity contribution in [1.29, 1.82) is 0 Å². The van der Waals surface area contributed by atoms with Gasteiger partial charge in [-0.3, -0.25) is 14.7 Å². The Labute approximate surface area is 171 Å². The number of pyridine rings is 1. The van der Waals surface area contributed by atoms with Crippen LogP contribution in [0.25, 0.3) is 10.2 Å². The van der Waals surface area contributed by atoms with Crippen molar-refractivity contribution in [3.63, 3.8) is 0 Å². The van der Waals surface area contributed by atoms with E-state index in [0.29, 0.717) is 24.7 Å². The Morgan fingerprint density at radius 1 is 1.18 bits per heavy atom. The second kappa shape index (κ2) is 8.50. The van der Waals surface area contributed by atoms with E-state index in [2.05, 4.69) is 4.98 Å². The minimum atomic E-state index is 0.0113. The largest absolute Gasteiger partial charge is 0.494 e. The van der Waals surface area contributed by atoms with E-state index in [9.17, 15) is 4.79 Å². The van der Waals surface area contributed by atoms with Crippen LogP contribution in [-0.4, -0.2) is 22.5 Å². The summed E-state index contributed by atoms with van der Waals surface area (Å²) in [4.78, 5) is 25.0. The molecule has 1 amide bonds. The van der Waals surface area contributed by atoms with Crippen molar-refractivity contribution in [2.45, 2.75) is 19.9 Å². The molecule has 0 aliphatic carbocycles. The van der Waals surface area contributed by atoms with Crippen LogP contribution in [0.4, 0.5) is 5.13 Å². The van der Waals surface area contributed by atoms with Crippen LogP contribution >= 0.6 is 22.7 Å². The maximum absolute atomic E-state index is 13.1. The molecule has 5 nitrogen and oxygen atoms in total. The number of rotatable bonds is 7. The van der Waals surface area contributed by atoms with Crippen LogP contribution in [0.1, 0.15) is 17.5 Å². The number of fused-ring (bicyclic) bond motifs is 1. The zero-order chi connectivity index (χ0) is 19.3. The molecule has 0 N–H and O–H groups in total. The number of aromatic nitrogens is 2. The Morgan fingerprint density at radius 3 is 2.86 bits per heavy atom. The van der Waals surface area contributed by atoms with Gasteiger partial charge in [-0.05, 0) is 48.7 Å². The Morgan fingerprint density at radius 2 is 2.11 bits per heavy atom. The van der Waals surface area contributed by atoms with E-state index in [4.69, 9.17) is 9.72 Å². The molecule has 0 unspecified atom stereocenters. The third kappa shape index (κ3) is 4.21. The summed E-state index contributed by atoms with van der Waals surface area (Å²) in [5.74, 6) is 0.823. The number of benzene rings is 1. The Balaban J connectivity index is 1.67. The number of hydrogen-bond acceptors (Lipinski definition) is 6. The number of carbonyl (C=O) groups is 1. The quantitative estimate of drug-likeness (QED) is 0.434. The molecule has 0 saturated heterocycles. The van der Waals surface area contributed by atoms with Crippen molar-refractivity contribution in [1.82, 2.24) is 9.97 Å². The molecule has 0 radical (unpaired) electrons. The van der Waals surface area contributed by atoms with Crippen molar-refractivity contribution in [2.24, 2.45) is 0 Å². The van der Waals surface area contributed by atoms with Crippen LogP contribution in [0.2, 0.25) is 0 Å². The minimum Gasteiger partial charge on any atom is -0.494 e. The third-order valence-electron chi connectivity index (χ3n) is 4.14. The van der Waals surface area contributed by atoms with Crippen molar-refractivity contribution in [3.05, 3.63) is 70.7 Å². The summed E-state index contributed by atoms with van der Waals surface area (Å²) in [6, 6.07) is 15.5. The van der Waals surface area contributed by atoms with Gasteiger partial charge in [-0.15, -0.1) is 11.3 Å². The zero-order valence-corrected chi connectivity index (χ0v) is 17.0. The van der Waals surface area contributed by atoms with Gasteiger partial charge < -0.3 is 4.74 Å². The third-order valence-corrected chi connectivity index (χ3v) is 6.06. The van der Waals surface area contributed by atoms with Crippen molar-refractivity contribution < 1.29 is 9.53 Å². The standard InChI is InChI=1S/C21H19N3O2S2/c1-2-26-16-8-9-18-19(12-16)28-21(23-18)24(14-15-6-3-4-10-22-15)20(25)13-17-7-5-11-27-17/h3-12H,2,13-14H2,1H3. The molecule has 142 valence electrons. The molecule has 0 bridgehead atoms. The topological polar surface area (TPSA) is 55.3 Å². The Kier molecular flexibility index (Phi) is 5.64. The van der Waals surface area contributed by atoms with Crippen LogP contribution in [0.3, 0.4) is 0 Å². The molecular formula is C21H19N3O2S2. The molecule has 0 saturated carbocycles. The smallest absolute Gasteiger partial charge is 0.234 e.